The molecule has 1 saturated carbocycles. The first-order chi connectivity index (χ1) is 13.6. The second-order valence-electron chi connectivity index (χ2n) is 8.09. The van der Waals surface area contributed by atoms with Crippen LogP contribution in [0, 0.1) is 11.8 Å². The van der Waals surface area contributed by atoms with Gasteiger partial charge in [-0.25, -0.2) is 0 Å². The molecule has 0 N–H and O–H groups in total. The Labute approximate surface area is 165 Å². The molecule has 7 heteroatoms. The summed E-state index contributed by atoms with van der Waals surface area (Å²) in [5, 5.41) is 0. The molecule has 1 aromatic rings. The molecule has 2 unspecified atom stereocenters. The van der Waals surface area contributed by atoms with Crippen LogP contribution in [0.4, 0.5) is 0 Å². The lowest BCUT2D eigenvalue weighted by Crippen LogP contribution is -2.49. The van der Waals surface area contributed by atoms with Crippen molar-refractivity contribution < 1.29 is 14.4 Å². The number of carbonyl (C=O) groups excluding carboxylic acids is 3. The van der Waals surface area contributed by atoms with Crippen molar-refractivity contribution in [3.8, 4) is 0 Å². The first-order valence-electron chi connectivity index (χ1n) is 10.4. The predicted octanol–water partition coefficient (Wildman–Crippen LogP) is 1.29. The molecule has 0 aromatic carbocycles. The normalized spacial score (nSPS) is 25.9. The first-order valence-corrected chi connectivity index (χ1v) is 10.4. The lowest BCUT2D eigenvalue weighted by molar-refractivity contribution is -0.141. The maximum Gasteiger partial charge on any atom is 0.233 e. The SMILES string of the molecule is O=C(CCN1C(=O)C2CCCCC2C1=O)N1CCN(Cc2cccnc2)CC1. The number of hydrogen-bond acceptors (Lipinski definition) is 5. The van der Waals surface area contributed by atoms with Gasteiger partial charge in [-0.3, -0.25) is 29.2 Å². The Balaban J connectivity index is 1.24. The summed E-state index contributed by atoms with van der Waals surface area (Å²) in [6.07, 6.45) is 7.56. The summed E-state index contributed by atoms with van der Waals surface area (Å²) in [6, 6.07) is 4.00. The topological polar surface area (TPSA) is 73.8 Å². The average Bonchev–Trinajstić information content (AvgIpc) is 2.98. The Morgan fingerprint density at radius 1 is 1.04 bits per heavy atom. The Morgan fingerprint density at radius 2 is 1.71 bits per heavy atom. The lowest BCUT2D eigenvalue weighted by atomic mass is 9.81. The first kappa shape index (κ1) is 19.1. The number of amides is 3. The van der Waals surface area contributed by atoms with Crippen LogP contribution in [0.15, 0.2) is 24.5 Å². The summed E-state index contributed by atoms with van der Waals surface area (Å²) in [5.41, 5.74) is 1.18. The van der Waals surface area contributed by atoms with Crippen LogP contribution >= 0.6 is 0 Å². The minimum atomic E-state index is -0.132. The van der Waals surface area contributed by atoms with Gasteiger partial charge in [0.2, 0.25) is 17.7 Å². The number of aromatic nitrogens is 1. The van der Waals surface area contributed by atoms with Crippen LogP contribution < -0.4 is 0 Å². The number of imide groups is 1. The number of fused-ring (bicyclic) bond motifs is 1. The van der Waals surface area contributed by atoms with Gasteiger partial charge in [0.1, 0.15) is 0 Å². The molecule has 150 valence electrons. The molecule has 3 heterocycles. The van der Waals surface area contributed by atoms with E-state index < -0.39 is 0 Å². The molecular formula is C21H28N4O3. The molecule has 0 bridgehead atoms. The van der Waals surface area contributed by atoms with E-state index in [4.69, 9.17) is 0 Å². The van der Waals surface area contributed by atoms with E-state index in [1.54, 1.807) is 6.20 Å². The van der Waals surface area contributed by atoms with Crippen LogP contribution in [-0.2, 0) is 20.9 Å². The number of nitrogens with zero attached hydrogens (tertiary/aromatic N) is 4. The van der Waals surface area contributed by atoms with Gasteiger partial charge in [-0.2, -0.15) is 0 Å². The van der Waals surface area contributed by atoms with Gasteiger partial charge >= 0.3 is 0 Å². The highest BCUT2D eigenvalue weighted by Gasteiger charge is 2.47. The van der Waals surface area contributed by atoms with Gasteiger partial charge in [-0.15, -0.1) is 0 Å². The highest BCUT2D eigenvalue weighted by molar-refractivity contribution is 6.05. The zero-order valence-electron chi connectivity index (χ0n) is 16.3. The summed E-state index contributed by atoms with van der Waals surface area (Å²) < 4.78 is 0. The van der Waals surface area contributed by atoms with E-state index in [0.29, 0.717) is 13.1 Å². The van der Waals surface area contributed by atoms with Crippen LogP contribution in [0.1, 0.15) is 37.7 Å². The smallest absolute Gasteiger partial charge is 0.233 e. The van der Waals surface area contributed by atoms with Crippen molar-refractivity contribution in [3.05, 3.63) is 30.1 Å². The Hall–Kier alpha value is -2.28. The van der Waals surface area contributed by atoms with Crippen molar-refractivity contribution >= 4 is 17.7 Å². The van der Waals surface area contributed by atoms with Crippen molar-refractivity contribution in [2.45, 2.75) is 38.6 Å². The zero-order chi connectivity index (χ0) is 19.5. The molecule has 7 nitrogen and oxygen atoms in total. The van der Waals surface area contributed by atoms with E-state index in [-0.39, 0.29) is 42.5 Å². The molecule has 2 saturated heterocycles. The second kappa shape index (κ2) is 8.39. The zero-order valence-corrected chi connectivity index (χ0v) is 16.3. The fourth-order valence-corrected chi connectivity index (χ4v) is 4.72. The van der Waals surface area contributed by atoms with E-state index >= 15 is 0 Å². The molecule has 3 amide bonds. The maximum atomic E-state index is 12.6. The van der Waals surface area contributed by atoms with Gasteiger partial charge in [-0.1, -0.05) is 18.9 Å². The number of piperazine rings is 1. The number of pyridine rings is 1. The lowest BCUT2D eigenvalue weighted by Gasteiger charge is -2.35. The molecule has 1 aliphatic carbocycles. The minimum Gasteiger partial charge on any atom is -0.340 e. The summed E-state index contributed by atoms with van der Waals surface area (Å²) in [4.78, 5) is 47.3. The van der Waals surface area contributed by atoms with Crippen LogP contribution in [0.25, 0.3) is 0 Å². The molecule has 4 rings (SSSR count). The average molecular weight is 384 g/mol. The molecular weight excluding hydrogens is 356 g/mol. The van der Waals surface area contributed by atoms with Gasteiger partial charge in [-0.05, 0) is 24.5 Å². The van der Waals surface area contributed by atoms with Gasteiger partial charge in [0.25, 0.3) is 0 Å². The molecule has 2 atom stereocenters. The highest BCUT2D eigenvalue weighted by atomic mass is 16.2. The highest BCUT2D eigenvalue weighted by Crippen LogP contribution is 2.38. The number of rotatable bonds is 5. The fourth-order valence-electron chi connectivity index (χ4n) is 4.72. The maximum absolute atomic E-state index is 12.6. The molecule has 2 aliphatic heterocycles. The van der Waals surface area contributed by atoms with Gasteiger partial charge in [0, 0.05) is 58.1 Å². The van der Waals surface area contributed by atoms with Crippen molar-refractivity contribution in [1.29, 1.82) is 0 Å². The van der Waals surface area contributed by atoms with Crippen molar-refractivity contribution in [1.82, 2.24) is 19.7 Å². The van der Waals surface area contributed by atoms with Crippen LogP contribution in [-0.4, -0.2) is 70.1 Å². The fraction of sp³-hybridized carbons (Fsp3) is 0.619. The largest absolute Gasteiger partial charge is 0.340 e. The third-order valence-corrected chi connectivity index (χ3v) is 6.34. The molecule has 0 radical (unpaired) electrons. The number of hydrogen-bond donors (Lipinski definition) is 0. The third-order valence-electron chi connectivity index (χ3n) is 6.34. The summed E-state index contributed by atoms with van der Waals surface area (Å²) in [5.74, 6) is -0.330. The van der Waals surface area contributed by atoms with Gasteiger partial charge in [0.05, 0.1) is 11.8 Å². The van der Waals surface area contributed by atoms with Crippen LogP contribution in [0.3, 0.4) is 0 Å². The monoisotopic (exact) mass is 384 g/mol. The molecule has 28 heavy (non-hydrogen) atoms. The number of carbonyl (C=O) groups is 3. The standard InChI is InChI=1S/C21H28N4O3/c26-19(7-9-25-20(27)17-5-1-2-6-18(17)21(25)28)24-12-10-23(11-13-24)15-16-4-3-8-22-14-16/h3-4,8,14,17-18H,1-2,5-7,9-13,15H2. The summed E-state index contributed by atoms with van der Waals surface area (Å²) in [7, 11) is 0. The Morgan fingerprint density at radius 3 is 2.32 bits per heavy atom. The van der Waals surface area contributed by atoms with Gasteiger partial charge < -0.3 is 4.90 Å². The number of likely N-dealkylation sites (tertiary alicyclic amines) is 1. The van der Waals surface area contributed by atoms with E-state index in [1.165, 1.54) is 10.5 Å². The minimum absolute atomic E-state index is 0.0384. The van der Waals surface area contributed by atoms with Crippen molar-refractivity contribution in [2.75, 3.05) is 32.7 Å². The molecule has 3 aliphatic rings. The third kappa shape index (κ3) is 3.94. The van der Waals surface area contributed by atoms with Crippen molar-refractivity contribution in [2.24, 2.45) is 11.8 Å². The van der Waals surface area contributed by atoms with Crippen molar-refractivity contribution in [3.63, 3.8) is 0 Å². The summed E-state index contributed by atoms with van der Waals surface area (Å²) >= 11 is 0. The van der Waals surface area contributed by atoms with Crippen LogP contribution in [0.2, 0.25) is 0 Å². The van der Waals surface area contributed by atoms with Gasteiger partial charge in [0.15, 0.2) is 0 Å². The predicted molar refractivity (Wildman–Crippen MR) is 103 cm³/mol. The molecule has 3 fully saturated rings. The quantitative estimate of drug-likeness (QED) is 0.716. The second-order valence-corrected chi connectivity index (χ2v) is 8.09. The van der Waals surface area contributed by atoms with E-state index in [9.17, 15) is 14.4 Å². The van der Waals surface area contributed by atoms with E-state index in [2.05, 4.69) is 16.0 Å². The Bertz CT molecular complexity index is 706. The Kier molecular flexibility index (Phi) is 5.71. The molecule has 1 aromatic heterocycles. The van der Waals surface area contributed by atoms with E-state index in [0.717, 1.165) is 45.3 Å². The summed E-state index contributed by atoms with van der Waals surface area (Å²) in [6.45, 7) is 4.10. The van der Waals surface area contributed by atoms with E-state index in [1.807, 2.05) is 17.2 Å². The van der Waals surface area contributed by atoms with Crippen LogP contribution in [0.5, 0.6) is 0 Å². The molecule has 0 spiro atoms.